The minimum absolute atomic E-state index is 0.343. The maximum Gasteiger partial charge on any atom is 0.417 e. The first kappa shape index (κ1) is 18.5. The number of aromatic nitrogens is 4. The second-order valence-electron chi connectivity index (χ2n) is 7.16. The Labute approximate surface area is 168 Å². The topological polar surface area (TPSA) is 55.1 Å². The molecule has 0 unspecified atom stereocenters. The molecule has 152 valence electrons. The molecule has 1 aliphatic rings. The second kappa shape index (κ2) is 6.79. The SMILES string of the molecule is Fc1ccc(-c2nn3cc(C(F)(F)F)ccc3c2-c2ccnc(NC3CC3)n2)cc1. The van der Waals surface area contributed by atoms with E-state index in [-0.39, 0.29) is 0 Å². The Morgan fingerprint density at radius 1 is 1.00 bits per heavy atom. The number of halogens is 4. The molecule has 1 fully saturated rings. The highest BCUT2D eigenvalue weighted by atomic mass is 19.4. The molecule has 1 aliphatic carbocycles. The predicted octanol–water partition coefficient (Wildman–Crippen LogP) is 5.19. The number of alkyl halides is 3. The van der Waals surface area contributed by atoms with Crippen LogP contribution in [0, 0.1) is 5.82 Å². The Hall–Kier alpha value is -3.49. The lowest BCUT2D eigenvalue weighted by atomic mass is 10.0. The lowest BCUT2D eigenvalue weighted by Gasteiger charge is -2.08. The zero-order valence-electron chi connectivity index (χ0n) is 15.5. The summed E-state index contributed by atoms with van der Waals surface area (Å²) in [4.78, 5) is 8.77. The molecule has 3 aromatic heterocycles. The molecule has 1 aromatic carbocycles. The summed E-state index contributed by atoms with van der Waals surface area (Å²) in [5.41, 5.74) is 1.69. The van der Waals surface area contributed by atoms with Gasteiger partial charge in [-0.15, -0.1) is 0 Å². The van der Waals surface area contributed by atoms with Crippen molar-refractivity contribution >= 4 is 11.5 Å². The van der Waals surface area contributed by atoms with E-state index in [0.717, 1.165) is 25.1 Å². The molecular weight excluding hydrogens is 398 g/mol. The van der Waals surface area contributed by atoms with Gasteiger partial charge >= 0.3 is 6.18 Å². The monoisotopic (exact) mass is 413 g/mol. The van der Waals surface area contributed by atoms with Crippen molar-refractivity contribution in [2.75, 3.05) is 5.32 Å². The Morgan fingerprint density at radius 3 is 2.47 bits per heavy atom. The van der Waals surface area contributed by atoms with Crippen molar-refractivity contribution in [2.45, 2.75) is 25.1 Å². The maximum absolute atomic E-state index is 13.4. The van der Waals surface area contributed by atoms with Gasteiger partial charge in [0.05, 0.1) is 22.3 Å². The molecule has 1 saturated carbocycles. The van der Waals surface area contributed by atoms with Crippen molar-refractivity contribution < 1.29 is 17.6 Å². The van der Waals surface area contributed by atoms with Gasteiger partial charge in [0.25, 0.3) is 0 Å². The third-order valence-corrected chi connectivity index (χ3v) is 4.90. The number of nitrogens with zero attached hydrogens (tertiary/aromatic N) is 4. The highest BCUT2D eigenvalue weighted by molar-refractivity contribution is 5.91. The smallest absolute Gasteiger partial charge is 0.351 e. The van der Waals surface area contributed by atoms with E-state index in [1.165, 1.54) is 34.8 Å². The van der Waals surface area contributed by atoms with Crippen molar-refractivity contribution in [3.05, 3.63) is 66.2 Å². The number of rotatable bonds is 4. The van der Waals surface area contributed by atoms with Crippen LogP contribution >= 0.6 is 0 Å². The van der Waals surface area contributed by atoms with Crippen LogP contribution in [0.4, 0.5) is 23.5 Å². The Morgan fingerprint density at radius 2 is 1.77 bits per heavy atom. The van der Waals surface area contributed by atoms with Crippen molar-refractivity contribution in [1.82, 2.24) is 19.6 Å². The fourth-order valence-electron chi connectivity index (χ4n) is 3.26. The number of hydrogen-bond donors (Lipinski definition) is 1. The van der Waals surface area contributed by atoms with Crippen LogP contribution < -0.4 is 5.32 Å². The molecule has 9 heteroatoms. The van der Waals surface area contributed by atoms with E-state index < -0.39 is 17.6 Å². The van der Waals surface area contributed by atoms with E-state index >= 15 is 0 Å². The molecule has 5 nitrogen and oxygen atoms in total. The Bertz CT molecular complexity index is 1230. The largest absolute Gasteiger partial charge is 0.417 e. The summed E-state index contributed by atoms with van der Waals surface area (Å²) in [6.07, 6.45) is 0.134. The molecule has 0 bridgehead atoms. The van der Waals surface area contributed by atoms with E-state index in [1.54, 1.807) is 12.3 Å². The first-order valence-corrected chi connectivity index (χ1v) is 9.34. The molecule has 3 heterocycles. The number of fused-ring (bicyclic) bond motifs is 1. The van der Waals surface area contributed by atoms with Crippen LogP contribution in [0.5, 0.6) is 0 Å². The fraction of sp³-hybridized carbons (Fsp3) is 0.190. The van der Waals surface area contributed by atoms with E-state index in [0.29, 0.717) is 40.0 Å². The van der Waals surface area contributed by atoms with Crippen LogP contribution in [0.2, 0.25) is 0 Å². The quantitative estimate of drug-likeness (QED) is 0.468. The standard InChI is InChI=1S/C21H15F4N5/c22-14-4-1-12(2-5-14)19-18(16-9-10-26-20(28-16)27-15-6-7-15)17-8-3-13(21(23,24)25)11-30(17)29-19/h1-5,8-11,15H,6-7H2,(H,26,27,28). The molecule has 0 radical (unpaired) electrons. The van der Waals surface area contributed by atoms with Crippen molar-refractivity contribution in [1.29, 1.82) is 0 Å². The highest BCUT2D eigenvalue weighted by Crippen LogP contribution is 2.37. The lowest BCUT2D eigenvalue weighted by molar-refractivity contribution is -0.137. The van der Waals surface area contributed by atoms with Crippen LogP contribution in [0.3, 0.4) is 0 Å². The van der Waals surface area contributed by atoms with E-state index in [9.17, 15) is 17.6 Å². The summed E-state index contributed by atoms with van der Waals surface area (Å²) in [7, 11) is 0. The average Bonchev–Trinajstić information content (AvgIpc) is 3.44. The van der Waals surface area contributed by atoms with Gasteiger partial charge in [0.15, 0.2) is 0 Å². The first-order valence-electron chi connectivity index (χ1n) is 9.34. The highest BCUT2D eigenvalue weighted by Gasteiger charge is 2.31. The number of anilines is 1. The third kappa shape index (κ3) is 3.47. The molecule has 1 N–H and O–H groups in total. The molecule has 5 rings (SSSR count). The van der Waals surface area contributed by atoms with Gasteiger partial charge in [0.1, 0.15) is 11.5 Å². The minimum atomic E-state index is -4.49. The van der Waals surface area contributed by atoms with E-state index in [2.05, 4.69) is 20.4 Å². The minimum Gasteiger partial charge on any atom is -0.351 e. The summed E-state index contributed by atoms with van der Waals surface area (Å²) in [5, 5.41) is 7.59. The van der Waals surface area contributed by atoms with Gasteiger partial charge in [0.2, 0.25) is 5.95 Å². The molecule has 0 spiro atoms. The second-order valence-corrected chi connectivity index (χ2v) is 7.16. The molecule has 4 aromatic rings. The molecule has 0 saturated heterocycles. The van der Waals surface area contributed by atoms with Gasteiger partial charge in [-0.2, -0.15) is 18.3 Å². The zero-order valence-corrected chi connectivity index (χ0v) is 15.5. The van der Waals surface area contributed by atoms with Crippen molar-refractivity contribution in [3.63, 3.8) is 0 Å². The average molecular weight is 413 g/mol. The normalized spacial score (nSPS) is 14.3. The van der Waals surface area contributed by atoms with Gasteiger partial charge in [0, 0.05) is 24.0 Å². The number of pyridine rings is 1. The summed E-state index contributed by atoms with van der Waals surface area (Å²) in [5.74, 6) is 0.0349. The Balaban J connectivity index is 1.71. The van der Waals surface area contributed by atoms with Crippen LogP contribution in [0.15, 0.2) is 54.9 Å². The van der Waals surface area contributed by atoms with Crippen molar-refractivity contribution in [2.24, 2.45) is 0 Å². The lowest BCUT2D eigenvalue weighted by Crippen LogP contribution is -2.06. The van der Waals surface area contributed by atoms with Crippen LogP contribution in [-0.4, -0.2) is 25.6 Å². The number of hydrogen-bond acceptors (Lipinski definition) is 4. The van der Waals surface area contributed by atoms with Gasteiger partial charge in [-0.05, 0) is 55.3 Å². The zero-order chi connectivity index (χ0) is 20.9. The first-order chi connectivity index (χ1) is 14.4. The van der Waals surface area contributed by atoms with Gasteiger partial charge in [-0.3, -0.25) is 0 Å². The van der Waals surface area contributed by atoms with Crippen LogP contribution in [0.25, 0.3) is 28.0 Å². The summed E-state index contributed by atoms with van der Waals surface area (Å²) < 4.78 is 54.1. The van der Waals surface area contributed by atoms with E-state index in [1.807, 2.05) is 0 Å². The van der Waals surface area contributed by atoms with Gasteiger partial charge in [-0.1, -0.05) is 0 Å². The summed E-state index contributed by atoms with van der Waals surface area (Å²) in [6.45, 7) is 0. The number of nitrogens with one attached hydrogen (secondary N) is 1. The summed E-state index contributed by atoms with van der Waals surface area (Å²) >= 11 is 0. The summed E-state index contributed by atoms with van der Waals surface area (Å²) in [6, 6.07) is 10.0. The molecule has 0 aliphatic heterocycles. The van der Waals surface area contributed by atoms with Gasteiger partial charge < -0.3 is 5.32 Å². The molecule has 0 atom stereocenters. The molecular formula is C21H15F4N5. The van der Waals surface area contributed by atoms with Crippen LogP contribution in [-0.2, 0) is 6.18 Å². The van der Waals surface area contributed by atoms with E-state index in [4.69, 9.17) is 0 Å². The maximum atomic E-state index is 13.4. The molecule has 0 amide bonds. The van der Waals surface area contributed by atoms with Crippen molar-refractivity contribution in [3.8, 4) is 22.5 Å². The number of benzene rings is 1. The predicted molar refractivity (Wildman–Crippen MR) is 103 cm³/mol. The third-order valence-electron chi connectivity index (χ3n) is 4.90. The van der Waals surface area contributed by atoms with Crippen LogP contribution in [0.1, 0.15) is 18.4 Å². The molecule has 30 heavy (non-hydrogen) atoms. The van der Waals surface area contributed by atoms with Gasteiger partial charge in [-0.25, -0.2) is 18.9 Å². The fourth-order valence-corrected chi connectivity index (χ4v) is 3.26. The Kier molecular flexibility index (Phi) is 4.19.